The summed E-state index contributed by atoms with van der Waals surface area (Å²) in [5.41, 5.74) is 5.68. The van der Waals surface area contributed by atoms with Gasteiger partial charge in [-0.2, -0.15) is 0 Å². The molecule has 2 N–H and O–H groups in total. The molecule has 1 aromatic rings. The fraction of sp³-hybridized carbons (Fsp3) is 0.300. The van der Waals surface area contributed by atoms with Crippen LogP contribution in [0.1, 0.15) is 10.4 Å². The monoisotopic (exact) mass is 213 g/mol. The summed E-state index contributed by atoms with van der Waals surface area (Å²) in [6.07, 6.45) is 0. The van der Waals surface area contributed by atoms with Gasteiger partial charge in [0.2, 0.25) is 0 Å². The van der Waals surface area contributed by atoms with Crippen molar-refractivity contribution in [1.29, 1.82) is 0 Å². The summed E-state index contributed by atoms with van der Waals surface area (Å²) in [6.45, 7) is 0.457. The van der Waals surface area contributed by atoms with Crippen LogP contribution >= 0.6 is 0 Å². The number of carbonyl (C=O) groups excluding carboxylic acids is 1. The Labute approximate surface area is 86.8 Å². The normalized spacial score (nSPS) is 10.0. The zero-order chi connectivity index (χ0) is 11.3. The number of rotatable bonds is 4. The van der Waals surface area contributed by atoms with Crippen molar-refractivity contribution in [2.45, 2.75) is 0 Å². The predicted molar refractivity (Wildman–Crippen MR) is 53.0 cm³/mol. The topological polar surface area (TPSA) is 61.5 Å². The molecule has 0 radical (unpaired) electrons. The van der Waals surface area contributed by atoms with Gasteiger partial charge in [-0.05, 0) is 18.2 Å². The summed E-state index contributed by atoms with van der Waals surface area (Å²) in [5.74, 6) is -1.06. The molecule has 1 aromatic carbocycles. The molecule has 0 aliphatic carbocycles. The van der Waals surface area contributed by atoms with Crippen molar-refractivity contribution in [2.24, 2.45) is 0 Å². The molecule has 0 unspecified atom stereocenters. The Kier molecular flexibility index (Phi) is 4.05. The Morgan fingerprint density at radius 1 is 1.47 bits per heavy atom. The van der Waals surface area contributed by atoms with E-state index in [1.54, 1.807) is 0 Å². The molecule has 0 atom stereocenters. The minimum Gasteiger partial charge on any atom is -0.460 e. The summed E-state index contributed by atoms with van der Waals surface area (Å²) in [5, 5.41) is 0. The smallest absolute Gasteiger partial charge is 0.340 e. The molecular weight excluding hydrogens is 201 g/mol. The van der Waals surface area contributed by atoms with Crippen molar-refractivity contribution in [3.63, 3.8) is 0 Å². The van der Waals surface area contributed by atoms with Crippen LogP contribution in [0.25, 0.3) is 0 Å². The van der Waals surface area contributed by atoms with Crippen LogP contribution in [0.2, 0.25) is 0 Å². The predicted octanol–water partition coefficient (Wildman–Crippen LogP) is 1.21. The number of anilines is 1. The molecule has 0 amide bonds. The molecule has 0 bridgehead atoms. The average molecular weight is 213 g/mol. The fourth-order valence-corrected chi connectivity index (χ4v) is 1.01. The number of carbonyl (C=O) groups is 1. The molecule has 5 heteroatoms. The summed E-state index contributed by atoms with van der Waals surface area (Å²) in [7, 11) is 1.50. The number of methoxy groups -OCH3 is 1. The van der Waals surface area contributed by atoms with Crippen molar-refractivity contribution in [3.05, 3.63) is 29.6 Å². The Morgan fingerprint density at radius 3 is 2.80 bits per heavy atom. The summed E-state index contributed by atoms with van der Waals surface area (Å²) >= 11 is 0. The van der Waals surface area contributed by atoms with E-state index in [2.05, 4.69) is 0 Å². The maximum atomic E-state index is 12.7. The standard InChI is InChI=1S/C10H12FNO3/c1-14-4-5-15-10(13)8-3-2-7(11)6-9(8)12/h2-3,6H,4-5,12H2,1H3. The Bertz CT molecular complexity index is 355. The van der Waals surface area contributed by atoms with Gasteiger partial charge in [0, 0.05) is 12.8 Å². The first-order valence-electron chi connectivity index (χ1n) is 4.36. The minimum atomic E-state index is -0.579. The number of esters is 1. The lowest BCUT2D eigenvalue weighted by atomic mass is 10.2. The van der Waals surface area contributed by atoms with Crippen LogP contribution in [-0.4, -0.2) is 26.3 Å². The van der Waals surface area contributed by atoms with Crippen molar-refractivity contribution < 1.29 is 18.7 Å². The van der Waals surface area contributed by atoms with Crippen LogP contribution in [-0.2, 0) is 9.47 Å². The molecule has 4 nitrogen and oxygen atoms in total. The molecule has 0 spiro atoms. The number of ether oxygens (including phenoxy) is 2. The van der Waals surface area contributed by atoms with Crippen LogP contribution in [0.5, 0.6) is 0 Å². The third-order valence-electron chi connectivity index (χ3n) is 1.75. The summed E-state index contributed by atoms with van der Waals surface area (Å²) < 4.78 is 22.2. The lowest BCUT2D eigenvalue weighted by Crippen LogP contribution is -2.11. The van der Waals surface area contributed by atoms with Crippen LogP contribution in [0, 0.1) is 5.82 Å². The number of nitrogens with two attached hydrogens (primary N) is 1. The third kappa shape index (κ3) is 3.21. The first-order valence-corrected chi connectivity index (χ1v) is 4.36. The number of halogens is 1. The van der Waals surface area contributed by atoms with Crippen molar-refractivity contribution in [1.82, 2.24) is 0 Å². The first-order chi connectivity index (χ1) is 7.15. The van der Waals surface area contributed by atoms with E-state index in [0.717, 1.165) is 12.1 Å². The number of hydrogen-bond acceptors (Lipinski definition) is 4. The second-order valence-corrected chi connectivity index (χ2v) is 2.86. The lowest BCUT2D eigenvalue weighted by Gasteiger charge is -2.06. The summed E-state index contributed by atoms with van der Waals surface area (Å²) in [4.78, 5) is 11.4. The SMILES string of the molecule is COCCOC(=O)c1ccc(F)cc1N. The molecule has 0 aliphatic rings. The third-order valence-corrected chi connectivity index (χ3v) is 1.75. The molecule has 82 valence electrons. The maximum Gasteiger partial charge on any atom is 0.340 e. The van der Waals surface area contributed by atoms with Gasteiger partial charge in [0.25, 0.3) is 0 Å². The van der Waals surface area contributed by atoms with E-state index in [1.165, 1.54) is 13.2 Å². The maximum absolute atomic E-state index is 12.7. The van der Waals surface area contributed by atoms with E-state index in [0.29, 0.717) is 6.61 Å². The lowest BCUT2D eigenvalue weighted by molar-refractivity contribution is 0.0389. The van der Waals surface area contributed by atoms with Crippen LogP contribution < -0.4 is 5.73 Å². The van der Waals surface area contributed by atoms with Crippen LogP contribution in [0.3, 0.4) is 0 Å². The molecule has 0 saturated heterocycles. The Hall–Kier alpha value is -1.62. The highest BCUT2D eigenvalue weighted by Gasteiger charge is 2.11. The van der Waals surface area contributed by atoms with Gasteiger partial charge in [0.05, 0.1) is 12.2 Å². The zero-order valence-corrected chi connectivity index (χ0v) is 8.33. The second kappa shape index (κ2) is 5.31. The second-order valence-electron chi connectivity index (χ2n) is 2.86. The van der Waals surface area contributed by atoms with E-state index in [-0.39, 0.29) is 17.9 Å². The van der Waals surface area contributed by atoms with E-state index < -0.39 is 11.8 Å². The van der Waals surface area contributed by atoms with Crippen LogP contribution in [0.4, 0.5) is 10.1 Å². The molecule has 0 fully saturated rings. The van der Waals surface area contributed by atoms with Gasteiger partial charge >= 0.3 is 5.97 Å². The Morgan fingerprint density at radius 2 is 2.20 bits per heavy atom. The van der Waals surface area contributed by atoms with E-state index in [4.69, 9.17) is 15.2 Å². The van der Waals surface area contributed by atoms with Gasteiger partial charge in [-0.15, -0.1) is 0 Å². The van der Waals surface area contributed by atoms with Gasteiger partial charge in [0.15, 0.2) is 0 Å². The van der Waals surface area contributed by atoms with Gasteiger partial charge in [-0.25, -0.2) is 9.18 Å². The van der Waals surface area contributed by atoms with Crippen molar-refractivity contribution in [3.8, 4) is 0 Å². The fourth-order valence-electron chi connectivity index (χ4n) is 1.01. The molecule has 0 saturated carbocycles. The zero-order valence-electron chi connectivity index (χ0n) is 8.33. The highest BCUT2D eigenvalue weighted by molar-refractivity contribution is 5.94. The molecule has 0 heterocycles. The molecule has 15 heavy (non-hydrogen) atoms. The van der Waals surface area contributed by atoms with Crippen molar-refractivity contribution in [2.75, 3.05) is 26.1 Å². The average Bonchev–Trinajstić information content (AvgIpc) is 2.17. The highest BCUT2D eigenvalue weighted by atomic mass is 19.1. The molecular formula is C10H12FNO3. The number of hydrogen-bond donors (Lipinski definition) is 1. The van der Waals surface area contributed by atoms with E-state index in [9.17, 15) is 9.18 Å². The van der Waals surface area contributed by atoms with Gasteiger partial charge in [-0.1, -0.05) is 0 Å². The summed E-state index contributed by atoms with van der Waals surface area (Å²) in [6, 6.07) is 3.52. The minimum absolute atomic E-state index is 0.0671. The number of benzene rings is 1. The van der Waals surface area contributed by atoms with E-state index >= 15 is 0 Å². The largest absolute Gasteiger partial charge is 0.460 e. The van der Waals surface area contributed by atoms with Crippen molar-refractivity contribution >= 4 is 11.7 Å². The Balaban J connectivity index is 2.65. The van der Waals surface area contributed by atoms with Gasteiger partial charge in [-0.3, -0.25) is 0 Å². The molecule has 0 aliphatic heterocycles. The molecule has 0 aromatic heterocycles. The van der Waals surface area contributed by atoms with E-state index in [1.807, 2.05) is 0 Å². The van der Waals surface area contributed by atoms with Gasteiger partial charge in [0.1, 0.15) is 12.4 Å². The first kappa shape index (κ1) is 11.5. The van der Waals surface area contributed by atoms with Crippen LogP contribution in [0.15, 0.2) is 18.2 Å². The highest BCUT2D eigenvalue weighted by Crippen LogP contribution is 2.14. The quantitative estimate of drug-likeness (QED) is 0.464. The number of nitrogen functional groups attached to an aromatic ring is 1. The van der Waals surface area contributed by atoms with Gasteiger partial charge < -0.3 is 15.2 Å². The molecule has 1 rings (SSSR count).